The molecule has 1 heterocycles. The predicted octanol–water partition coefficient (Wildman–Crippen LogP) is 2.63. The standard InChI is InChI=1S/C11H9BrFN3O/c12-9-5-8(1-2-10(9)13)17-11-15-4-3-7(6-14)16-11/h1-5H,6,14H2. The van der Waals surface area contributed by atoms with Gasteiger partial charge in [-0.25, -0.2) is 9.37 Å². The lowest BCUT2D eigenvalue weighted by molar-refractivity contribution is 0.437. The molecule has 1 aromatic carbocycles. The maximum Gasteiger partial charge on any atom is 0.322 e. The van der Waals surface area contributed by atoms with Crippen molar-refractivity contribution in [3.8, 4) is 11.8 Å². The first-order valence-corrected chi connectivity index (χ1v) is 5.63. The number of nitrogens with two attached hydrogens (primary N) is 1. The largest absolute Gasteiger partial charge is 0.424 e. The minimum atomic E-state index is -0.353. The van der Waals surface area contributed by atoms with Crippen molar-refractivity contribution >= 4 is 15.9 Å². The maximum atomic E-state index is 13.0. The third-order valence-corrected chi connectivity index (χ3v) is 2.61. The molecule has 0 unspecified atom stereocenters. The second-order valence-electron chi connectivity index (χ2n) is 3.21. The maximum absolute atomic E-state index is 13.0. The fourth-order valence-corrected chi connectivity index (χ4v) is 1.54. The van der Waals surface area contributed by atoms with Gasteiger partial charge in [-0.15, -0.1) is 0 Å². The molecule has 88 valence electrons. The fourth-order valence-electron chi connectivity index (χ4n) is 1.18. The first kappa shape index (κ1) is 11.9. The molecule has 0 atom stereocenters. The van der Waals surface area contributed by atoms with Crippen LogP contribution >= 0.6 is 15.9 Å². The number of halogens is 2. The summed E-state index contributed by atoms with van der Waals surface area (Å²) in [6.45, 7) is 0.312. The van der Waals surface area contributed by atoms with Gasteiger partial charge in [0.25, 0.3) is 0 Å². The van der Waals surface area contributed by atoms with Crippen LogP contribution in [0.15, 0.2) is 34.9 Å². The van der Waals surface area contributed by atoms with Crippen molar-refractivity contribution in [2.24, 2.45) is 5.73 Å². The number of aromatic nitrogens is 2. The van der Waals surface area contributed by atoms with E-state index in [4.69, 9.17) is 10.5 Å². The Morgan fingerprint density at radius 1 is 1.35 bits per heavy atom. The highest BCUT2D eigenvalue weighted by Crippen LogP contribution is 2.24. The van der Waals surface area contributed by atoms with Crippen molar-refractivity contribution in [2.45, 2.75) is 6.54 Å². The van der Waals surface area contributed by atoms with Crippen molar-refractivity contribution in [1.29, 1.82) is 0 Å². The average molecular weight is 298 g/mol. The van der Waals surface area contributed by atoms with E-state index in [-0.39, 0.29) is 11.8 Å². The minimum absolute atomic E-state index is 0.187. The number of rotatable bonds is 3. The Balaban J connectivity index is 2.22. The van der Waals surface area contributed by atoms with Gasteiger partial charge in [0.2, 0.25) is 0 Å². The van der Waals surface area contributed by atoms with Gasteiger partial charge in [-0.05, 0) is 40.2 Å². The Morgan fingerprint density at radius 3 is 2.88 bits per heavy atom. The van der Waals surface area contributed by atoms with E-state index < -0.39 is 0 Å². The number of ether oxygens (including phenoxy) is 1. The smallest absolute Gasteiger partial charge is 0.322 e. The van der Waals surface area contributed by atoms with Gasteiger partial charge in [0.1, 0.15) is 11.6 Å². The van der Waals surface area contributed by atoms with Crippen LogP contribution in [0.4, 0.5) is 4.39 Å². The lowest BCUT2D eigenvalue weighted by atomic mass is 10.3. The summed E-state index contributed by atoms with van der Waals surface area (Å²) >= 11 is 3.07. The van der Waals surface area contributed by atoms with E-state index in [0.29, 0.717) is 22.5 Å². The quantitative estimate of drug-likeness (QED) is 0.946. The summed E-state index contributed by atoms with van der Waals surface area (Å²) in [6, 6.07) is 6.19. The minimum Gasteiger partial charge on any atom is -0.424 e. The van der Waals surface area contributed by atoms with Gasteiger partial charge < -0.3 is 10.5 Å². The van der Waals surface area contributed by atoms with Crippen molar-refractivity contribution < 1.29 is 9.13 Å². The van der Waals surface area contributed by atoms with Crippen LogP contribution in [-0.2, 0) is 6.54 Å². The molecule has 2 rings (SSSR count). The summed E-state index contributed by atoms with van der Waals surface area (Å²) in [5.41, 5.74) is 6.13. The monoisotopic (exact) mass is 297 g/mol. The molecule has 0 radical (unpaired) electrons. The number of hydrogen-bond acceptors (Lipinski definition) is 4. The Labute approximate surface area is 106 Å². The molecular formula is C11H9BrFN3O. The number of nitrogens with zero attached hydrogens (tertiary/aromatic N) is 2. The lowest BCUT2D eigenvalue weighted by Gasteiger charge is -2.05. The first-order chi connectivity index (χ1) is 8.19. The van der Waals surface area contributed by atoms with E-state index in [0.717, 1.165) is 0 Å². The van der Waals surface area contributed by atoms with Crippen molar-refractivity contribution in [3.05, 3.63) is 46.4 Å². The van der Waals surface area contributed by atoms with Crippen molar-refractivity contribution in [3.63, 3.8) is 0 Å². The molecule has 0 spiro atoms. The van der Waals surface area contributed by atoms with Gasteiger partial charge in [-0.3, -0.25) is 0 Å². The zero-order chi connectivity index (χ0) is 12.3. The Bertz CT molecular complexity index is 536. The lowest BCUT2D eigenvalue weighted by Crippen LogP contribution is -2.01. The van der Waals surface area contributed by atoms with Crippen LogP contribution in [-0.4, -0.2) is 9.97 Å². The van der Waals surface area contributed by atoms with E-state index in [1.165, 1.54) is 18.2 Å². The molecule has 0 amide bonds. The van der Waals surface area contributed by atoms with Crippen LogP contribution in [0.3, 0.4) is 0 Å². The van der Waals surface area contributed by atoms with Gasteiger partial charge in [0, 0.05) is 12.7 Å². The molecule has 0 aliphatic carbocycles. The molecule has 0 saturated heterocycles. The average Bonchev–Trinajstić information content (AvgIpc) is 2.34. The van der Waals surface area contributed by atoms with E-state index in [2.05, 4.69) is 25.9 Å². The topological polar surface area (TPSA) is 61.0 Å². The van der Waals surface area contributed by atoms with Crippen LogP contribution in [0.2, 0.25) is 0 Å². The molecule has 2 N–H and O–H groups in total. The fraction of sp³-hybridized carbons (Fsp3) is 0.0909. The normalized spacial score (nSPS) is 10.3. The van der Waals surface area contributed by atoms with E-state index in [1.54, 1.807) is 12.3 Å². The molecule has 4 nitrogen and oxygen atoms in total. The summed E-state index contributed by atoms with van der Waals surface area (Å²) in [4.78, 5) is 8.01. The summed E-state index contributed by atoms with van der Waals surface area (Å²) in [6.07, 6.45) is 1.56. The summed E-state index contributed by atoms with van der Waals surface area (Å²) in [5, 5.41) is 0. The van der Waals surface area contributed by atoms with Crippen molar-refractivity contribution in [2.75, 3.05) is 0 Å². The molecule has 1 aromatic heterocycles. The summed E-state index contributed by atoms with van der Waals surface area (Å²) in [5.74, 6) is 0.0985. The SMILES string of the molecule is NCc1ccnc(Oc2ccc(F)c(Br)c2)n1. The highest BCUT2D eigenvalue weighted by molar-refractivity contribution is 9.10. The van der Waals surface area contributed by atoms with Crippen molar-refractivity contribution in [1.82, 2.24) is 9.97 Å². The van der Waals surface area contributed by atoms with Gasteiger partial charge in [0.15, 0.2) is 0 Å². The second-order valence-corrected chi connectivity index (χ2v) is 4.07. The Hall–Kier alpha value is -1.53. The van der Waals surface area contributed by atoms with E-state index in [9.17, 15) is 4.39 Å². The Morgan fingerprint density at radius 2 is 2.18 bits per heavy atom. The highest BCUT2D eigenvalue weighted by Gasteiger charge is 2.04. The van der Waals surface area contributed by atoms with Gasteiger partial charge in [-0.1, -0.05) is 0 Å². The van der Waals surface area contributed by atoms with Crippen LogP contribution in [0.25, 0.3) is 0 Å². The van der Waals surface area contributed by atoms with Crippen LogP contribution in [0.5, 0.6) is 11.8 Å². The third kappa shape index (κ3) is 2.98. The van der Waals surface area contributed by atoms with Crippen LogP contribution < -0.4 is 10.5 Å². The van der Waals surface area contributed by atoms with E-state index in [1.807, 2.05) is 0 Å². The molecule has 2 aromatic rings. The van der Waals surface area contributed by atoms with Crippen LogP contribution in [0.1, 0.15) is 5.69 Å². The molecule has 6 heteroatoms. The summed E-state index contributed by atoms with van der Waals surface area (Å²) in [7, 11) is 0. The highest BCUT2D eigenvalue weighted by atomic mass is 79.9. The van der Waals surface area contributed by atoms with Crippen LogP contribution in [0, 0.1) is 5.82 Å². The molecule has 0 aliphatic heterocycles. The van der Waals surface area contributed by atoms with Gasteiger partial charge in [-0.2, -0.15) is 4.98 Å². The zero-order valence-corrected chi connectivity index (χ0v) is 10.3. The first-order valence-electron chi connectivity index (χ1n) is 4.84. The predicted molar refractivity (Wildman–Crippen MR) is 64.1 cm³/mol. The second kappa shape index (κ2) is 5.20. The number of hydrogen-bond donors (Lipinski definition) is 1. The molecule has 0 fully saturated rings. The molecule has 0 aliphatic rings. The molecule has 0 saturated carbocycles. The van der Waals surface area contributed by atoms with Gasteiger partial charge >= 0.3 is 6.01 Å². The van der Waals surface area contributed by atoms with E-state index >= 15 is 0 Å². The third-order valence-electron chi connectivity index (χ3n) is 2.00. The molecular weight excluding hydrogens is 289 g/mol. The summed E-state index contributed by atoms with van der Waals surface area (Å²) < 4.78 is 18.7. The molecule has 0 bridgehead atoms. The van der Waals surface area contributed by atoms with Gasteiger partial charge in [0.05, 0.1) is 10.2 Å². The Kier molecular flexibility index (Phi) is 3.65. The number of benzene rings is 1. The molecule has 17 heavy (non-hydrogen) atoms. The zero-order valence-electron chi connectivity index (χ0n) is 8.73.